The minimum absolute atomic E-state index is 0. The van der Waals surface area contributed by atoms with Gasteiger partial charge in [0.1, 0.15) is 11.8 Å². The van der Waals surface area contributed by atoms with Crippen molar-refractivity contribution in [2.24, 2.45) is 5.73 Å². The highest BCUT2D eigenvalue weighted by atomic mass is 35.5. The van der Waals surface area contributed by atoms with Crippen molar-refractivity contribution in [3.63, 3.8) is 0 Å². The van der Waals surface area contributed by atoms with Crippen molar-refractivity contribution in [1.82, 2.24) is 0 Å². The van der Waals surface area contributed by atoms with Crippen LogP contribution in [0.5, 0.6) is 5.75 Å². The Morgan fingerprint density at radius 2 is 2.05 bits per heavy atom. The van der Waals surface area contributed by atoms with Gasteiger partial charge in [-0.1, -0.05) is 23.2 Å². The summed E-state index contributed by atoms with van der Waals surface area (Å²) in [6.07, 6.45) is 0. The number of aromatic hydroxyl groups is 1. The minimum atomic E-state index is -4.01. The maximum absolute atomic E-state index is 13.7. The number of ether oxygens (including phenoxy) is 1. The summed E-state index contributed by atoms with van der Waals surface area (Å²) < 4.78 is 31.7. The van der Waals surface area contributed by atoms with Crippen LogP contribution < -0.4 is 5.73 Å². The third kappa shape index (κ3) is 3.85. The second-order valence-electron chi connectivity index (χ2n) is 3.65. The van der Waals surface area contributed by atoms with Crippen molar-refractivity contribution in [3.8, 4) is 5.75 Å². The predicted molar refractivity (Wildman–Crippen MR) is 73.9 cm³/mol. The van der Waals surface area contributed by atoms with Crippen LogP contribution in [0.25, 0.3) is 0 Å². The van der Waals surface area contributed by atoms with Crippen LogP contribution in [0.3, 0.4) is 0 Å². The summed E-state index contributed by atoms with van der Waals surface area (Å²) >= 11 is 11.2. The summed E-state index contributed by atoms with van der Waals surface area (Å²) in [4.78, 5) is 11.2. The topological polar surface area (TPSA) is 72.5 Å². The molecule has 0 heterocycles. The number of esters is 1. The van der Waals surface area contributed by atoms with Crippen molar-refractivity contribution in [2.45, 2.75) is 18.9 Å². The Kier molecular flexibility index (Phi) is 6.97. The molecular weight excluding hydrogens is 338 g/mol. The smallest absolute Gasteiger partial charge is 0.379 e. The highest BCUT2D eigenvalue weighted by molar-refractivity contribution is 6.35. The Labute approximate surface area is 130 Å². The maximum atomic E-state index is 13.7. The molecule has 0 radical (unpaired) electrons. The van der Waals surface area contributed by atoms with E-state index in [1.165, 1.54) is 6.92 Å². The second kappa shape index (κ2) is 7.26. The van der Waals surface area contributed by atoms with Crippen molar-refractivity contribution in [1.29, 1.82) is 0 Å². The predicted octanol–water partition coefficient (Wildman–Crippen LogP) is 3.32. The lowest BCUT2D eigenvalue weighted by atomic mass is 10.0. The number of halogens is 5. The SMILES string of the molecule is CCOC(=O)C(F)(F)[C@@H](N)c1cc(Cl)cc(Cl)c1O.Cl. The molecule has 0 unspecified atom stereocenters. The number of nitrogens with two attached hydrogens (primary N) is 1. The molecule has 1 atom stereocenters. The number of hydrogen-bond donors (Lipinski definition) is 2. The van der Waals surface area contributed by atoms with Gasteiger partial charge in [0, 0.05) is 10.6 Å². The number of rotatable bonds is 4. The average Bonchev–Trinajstić information content (AvgIpc) is 2.33. The first-order valence-electron chi connectivity index (χ1n) is 5.20. The largest absolute Gasteiger partial charge is 0.506 e. The van der Waals surface area contributed by atoms with Gasteiger partial charge in [-0.3, -0.25) is 0 Å². The van der Waals surface area contributed by atoms with E-state index in [0.717, 1.165) is 12.1 Å². The van der Waals surface area contributed by atoms with Gasteiger partial charge in [-0.2, -0.15) is 8.78 Å². The molecule has 1 aromatic carbocycles. The molecule has 0 aliphatic heterocycles. The molecule has 9 heteroatoms. The van der Waals surface area contributed by atoms with Crippen LogP contribution in [-0.2, 0) is 9.53 Å². The summed E-state index contributed by atoms with van der Waals surface area (Å²) in [6, 6.07) is 0.0559. The molecule has 4 nitrogen and oxygen atoms in total. The van der Waals surface area contributed by atoms with E-state index < -0.39 is 29.2 Å². The Morgan fingerprint density at radius 3 is 2.55 bits per heavy atom. The Morgan fingerprint density at radius 1 is 1.50 bits per heavy atom. The van der Waals surface area contributed by atoms with E-state index in [4.69, 9.17) is 28.9 Å². The van der Waals surface area contributed by atoms with Gasteiger partial charge in [0.05, 0.1) is 11.6 Å². The van der Waals surface area contributed by atoms with E-state index in [2.05, 4.69) is 4.74 Å². The van der Waals surface area contributed by atoms with E-state index >= 15 is 0 Å². The van der Waals surface area contributed by atoms with Crippen LogP contribution in [-0.4, -0.2) is 23.6 Å². The van der Waals surface area contributed by atoms with Crippen molar-refractivity contribution in [3.05, 3.63) is 27.7 Å². The maximum Gasteiger partial charge on any atom is 0.379 e. The molecule has 0 bridgehead atoms. The summed E-state index contributed by atoms with van der Waals surface area (Å²) in [6.45, 7) is 1.16. The molecule has 1 rings (SSSR count). The fourth-order valence-electron chi connectivity index (χ4n) is 1.37. The van der Waals surface area contributed by atoms with Gasteiger partial charge in [0.2, 0.25) is 0 Å². The summed E-state index contributed by atoms with van der Waals surface area (Å²) in [7, 11) is 0. The number of carbonyl (C=O) groups is 1. The third-order valence-corrected chi connectivity index (χ3v) is 2.84. The highest BCUT2D eigenvalue weighted by Crippen LogP contribution is 2.40. The average molecular weight is 351 g/mol. The van der Waals surface area contributed by atoms with Gasteiger partial charge in [0.25, 0.3) is 0 Å². The van der Waals surface area contributed by atoms with Crippen molar-refractivity contribution in [2.75, 3.05) is 6.61 Å². The molecular formula is C11H12Cl3F2NO3. The van der Waals surface area contributed by atoms with Gasteiger partial charge in [-0.25, -0.2) is 4.79 Å². The molecule has 1 aromatic rings. The number of phenolic OH excluding ortho intramolecular Hbond substituents is 1. The lowest BCUT2D eigenvalue weighted by molar-refractivity contribution is -0.174. The van der Waals surface area contributed by atoms with Gasteiger partial charge in [0.15, 0.2) is 0 Å². The summed E-state index contributed by atoms with van der Waals surface area (Å²) in [5.74, 6) is -6.44. The van der Waals surface area contributed by atoms with Gasteiger partial charge in [-0.05, 0) is 19.1 Å². The van der Waals surface area contributed by atoms with E-state index in [0.29, 0.717) is 0 Å². The van der Waals surface area contributed by atoms with E-state index in [1.54, 1.807) is 0 Å². The van der Waals surface area contributed by atoms with E-state index in [9.17, 15) is 18.7 Å². The zero-order valence-electron chi connectivity index (χ0n) is 10.2. The number of hydrogen-bond acceptors (Lipinski definition) is 4. The first kappa shape index (κ1) is 19.2. The summed E-state index contributed by atoms with van der Waals surface area (Å²) in [5, 5.41) is 9.38. The second-order valence-corrected chi connectivity index (χ2v) is 4.49. The van der Waals surface area contributed by atoms with Gasteiger partial charge in [-0.15, -0.1) is 12.4 Å². The van der Waals surface area contributed by atoms with Crippen LogP contribution >= 0.6 is 35.6 Å². The molecule has 0 aliphatic rings. The Balaban J connectivity index is 0.00000361. The lowest BCUT2D eigenvalue weighted by Gasteiger charge is -2.23. The van der Waals surface area contributed by atoms with Crippen LogP contribution in [0.2, 0.25) is 10.0 Å². The highest BCUT2D eigenvalue weighted by Gasteiger charge is 2.48. The monoisotopic (exact) mass is 349 g/mol. The molecule has 114 valence electrons. The normalized spacial score (nSPS) is 12.5. The number of carbonyl (C=O) groups excluding carboxylic acids is 1. The zero-order chi connectivity index (χ0) is 14.8. The number of benzene rings is 1. The molecule has 0 saturated carbocycles. The van der Waals surface area contributed by atoms with Crippen molar-refractivity contribution >= 4 is 41.6 Å². The number of phenols is 1. The van der Waals surface area contributed by atoms with E-state index in [1.807, 2.05) is 0 Å². The zero-order valence-corrected chi connectivity index (χ0v) is 12.5. The van der Waals surface area contributed by atoms with Crippen LogP contribution in [0.1, 0.15) is 18.5 Å². The first-order chi connectivity index (χ1) is 8.71. The van der Waals surface area contributed by atoms with E-state index in [-0.39, 0.29) is 29.1 Å². The molecule has 0 aliphatic carbocycles. The fraction of sp³-hybridized carbons (Fsp3) is 0.364. The standard InChI is InChI=1S/C11H11Cl2F2NO3.ClH/c1-2-19-10(18)11(14,15)9(16)6-3-5(12)4-7(13)8(6)17;/h3-4,9,17H,2,16H2,1H3;1H/t9-;/m0./s1. The molecule has 20 heavy (non-hydrogen) atoms. The number of alkyl halides is 2. The molecule has 3 N–H and O–H groups in total. The molecule has 0 amide bonds. The third-order valence-electron chi connectivity index (χ3n) is 2.33. The quantitative estimate of drug-likeness (QED) is 0.817. The van der Waals surface area contributed by atoms with Crippen LogP contribution in [0.15, 0.2) is 12.1 Å². The van der Waals surface area contributed by atoms with Crippen LogP contribution in [0.4, 0.5) is 8.78 Å². The minimum Gasteiger partial charge on any atom is -0.506 e. The van der Waals surface area contributed by atoms with Gasteiger partial charge >= 0.3 is 11.9 Å². The first-order valence-corrected chi connectivity index (χ1v) is 5.95. The van der Waals surface area contributed by atoms with Gasteiger partial charge < -0.3 is 15.6 Å². The Hall–Kier alpha value is -0.820. The van der Waals surface area contributed by atoms with Crippen molar-refractivity contribution < 1.29 is 23.4 Å². The Bertz CT molecular complexity index is 500. The van der Waals surface area contributed by atoms with Crippen LogP contribution in [0, 0.1) is 0 Å². The molecule has 0 saturated heterocycles. The molecule has 0 spiro atoms. The lowest BCUT2D eigenvalue weighted by Crippen LogP contribution is -2.41. The fourth-order valence-corrected chi connectivity index (χ4v) is 1.88. The molecule has 0 fully saturated rings. The molecule has 0 aromatic heterocycles. The summed E-state index contributed by atoms with van der Waals surface area (Å²) in [5.41, 5.74) is 4.88.